The number of ether oxygens (including phenoxy) is 1. The van der Waals surface area contributed by atoms with Crippen molar-refractivity contribution in [3.63, 3.8) is 0 Å². The molecule has 2 amide bonds. The van der Waals surface area contributed by atoms with E-state index in [4.69, 9.17) is 16.3 Å². The number of hydrazine groups is 1. The lowest BCUT2D eigenvalue weighted by atomic mass is 10.0. The van der Waals surface area contributed by atoms with E-state index in [9.17, 15) is 14.4 Å². The summed E-state index contributed by atoms with van der Waals surface area (Å²) in [6, 6.07) is 15.8. The minimum Gasteiger partial charge on any atom is -0.452 e. The topological polar surface area (TPSA) is 97.4 Å². The van der Waals surface area contributed by atoms with Gasteiger partial charge in [0.2, 0.25) is 5.91 Å². The Labute approximate surface area is 165 Å². The van der Waals surface area contributed by atoms with Crippen LogP contribution in [0.5, 0.6) is 0 Å². The van der Waals surface area contributed by atoms with Gasteiger partial charge in [0.05, 0.1) is 16.8 Å². The zero-order valence-electron chi connectivity index (χ0n) is 14.9. The third kappa shape index (κ3) is 4.63. The molecule has 8 heteroatoms. The normalized spacial score (nSPS) is 10.4. The van der Waals surface area contributed by atoms with Crippen molar-refractivity contribution in [3.05, 3.63) is 65.2 Å². The summed E-state index contributed by atoms with van der Waals surface area (Å²) in [5.74, 6) is -1.76. The predicted octanol–water partition coefficient (Wildman–Crippen LogP) is 2.88. The minimum atomic E-state index is -0.674. The fraction of sp³-hybridized carbons (Fsp3) is 0.100. The maximum absolute atomic E-state index is 12.6. The molecule has 0 unspecified atom stereocenters. The Bertz CT molecular complexity index is 1050. The van der Waals surface area contributed by atoms with Gasteiger partial charge < -0.3 is 4.74 Å². The maximum Gasteiger partial charge on any atom is 0.339 e. The molecule has 0 bridgehead atoms. The Morgan fingerprint density at radius 3 is 2.46 bits per heavy atom. The highest BCUT2D eigenvalue weighted by Gasteiger charge is 2.16. The van der Waals surface area contributed by atoms with Gasteiger partial charge in [-0.3, -0.25) is 20.4 Å². The Morgan fingerprint density at radius 1 is 1.04 bits per heavy atom. The van der Waals surface area contributed by atoms with Gasteiger partial charge in [0, 0.05) is 22.9 Å². The molecule has 0 radical (unpaired) electrons. The van der Waals surface area contributed by atoms with Crippen molar-refractivity contribution in [1.82, 2.24) is 15.8 Å². The maximum atomic E-state index is 12.6. The number of rotatable bonds is 4. The molecule has 1 heterocycles. The molecule has 0 saturated heterocycles. The lowest BCUT2D eigenvalue weighted by molar-refractivity contribution is -0.129. The quantitative estimate of drug-likeness (QED) is 0.521. The van der Waals surface area contributed by atoms with Crippen LogP contribution in [0.15, 0.2) is 54.6 Å². The van der Waals surface area contributed by atoms with Crippen molar-refractivity contribution < 1.29 is 19.1 Å². The molecule has 1 aromatic heterocycles. The number of nitrogens with zero attached hydrogens (tertiary/aromatic N) is 1. The molecule has 2 aromatic carbocycles. The summed E-state index contributed by atoms with van der Waals surface area (Å²) < 4.78 is 5.09. The van der Waals surface area contributed by atoms with Crippen LogP contribution in [0.2, 0.25) is 5.02 Å². The molecule has 0 aliphatic rings. The zero-order chi connectivity index (χ0) is 20.1. The van der Waals surface area contributed by atoms with E-state index in [-0.39, 0.29) is 5.56 Å². The SMILES string of the molecule is CC(=O)NNC(=O)COC(=O)c1cc(-c2ccc(Cl)cc2)nc2ccccc12. The molecular weight excluding hydrogens is 382 g/mol. The fourth-order valence-electron chi connectivity index (χ4n) is 2.52. The molecular formula is C20H16ClN3O4. The molecule has 2 N–H and O–H groups in total. The number of esters is 1. The summed E-state index contributed by atoms with van der Waals surface area (Å²) in [5, 5.41) is 1.20. The zero-order valence-corrected chi connectivity index (χ0v) is 15.6. The van der Waals surface area contributed by atoms with Gasteiger partial charge in [-0.1, -0.05) is 41.9 Å². The van der Waals surface area contributed by atoms with Crippen molar-refractivity contribution in [2.75, 3.05) is 6.61 Å². The molecule has 0 spiro atoms. The first-order valence-electron chi connectivity index (χ1n) is 8.32. The number of aromatic nitrogens is 1. The number of benzene rings is 2. The third-order valence-electron chi connectivity index (χ3n) is 3.79. The highest BCUT2D eigenvalue weighted by atomic mass is 35.5. The Kier molecular flexibility index (Phi) is 5.86. The van der Waals surface area contributed by atoms with Crippen LogP contribution in [0.1, 0.15) is 17.3 Å². The number of amides is 2. The fourth-order valence-corrected chi connectivity index (χ4v) is 2.64. The highest BCUT2D eigenvalue weighted by molar-refractivity contribution is 6.30. The number of para-hydroxylation sites is 1. The number of carbonyl (C=O) groups excluding carboxylic acids is 3. The number of fused-ring (bicyclic) bond motifs is 1. The number of carbonyl (C=O) groups is 3. The van der Waals surface area contributed by atoms with Crippen LogP contribution in [0.3, 0.4) is 0 Å². The second kappa shape index (κ2) is 8.49. The molecule has 0 fully saturated rings. The number of halogens is 1. The van der Waals surface area contributed by atoms with E-state index < -0.39 is 24.4 Å². The van der Waals surface area contributed by atoms with E-state index in [0.717, 1.165) is 5.56 Å². The lowest BCUT2D eigenvalue weighted by Crippen LogP contribution is -2.42. The van der Waals surface area contributed by atoms with Gasteiger partial charge in [-0.15, -0.1) is 0 Å². The van der Waals surface area contributed by atoms with E-state index >= 15 is 0 Å². The van der Waals surface area contributed by atoms with E-state index in [0.29, 0.717) is 21.6 Å². The third-order valence-corrected chi connectivity index (χ3v) is 4.04. The van der Waals surface area contributed by atoms with Gasteiger partial charge in [0.1, 0.15) is 0 Å². The molecule has 3 rings (SSSR count). The molecule has 0 saturated carbocycles. The van der Waals surface area contributed by atoms with Crippen molar-refractivity contribution in [2.45, 2.75) is 6.92 Å². The first-order chi connectivity index (χ1) is 13.4. The number of pyridine rings is 1. The van der Waals surface area contributed by atoms with Gasteiger partial charge in [0.15, 0.2) is 6.61 Å². The van der Waals surface area contributed by atoms with Gasteiger partial charge in [-0.25, -0.2) is 9.78 Å². The van der Waals surface area contributed by atoms with Gasteiger partial charge >= 0.3 is 5.97 Å². The average Bonchev–Trinajstić information content (AvgIpc) is 2.70. The smallest absolute Gasteiger partial charge is 0.339 e. The molecule has 3 aromatic rings. The van der Waals surface area contributed by atoms with Crippen LogP contribution in [0.4, 0.5) is 0 Å². The first-order valence-corrected chi connectivity index (χ1v) is 8.70. The first kappa shape index (κ1) is 19.3. The predicted molar refractivity (Wildman–Crippen MR) is 104 cm³/mol. The van der Waals surface area contributed by atoms with E-state index in [1.54, 1.807) is 48.5 Å². The van der Waals surface area contributed by atoms with E-state index in [1.165, 1.54) is 6.92 Å². The Morgan fingerprint density at radius 2 is 1.75 bits per heavy atom. The molecule has 0 aliphatic carbocycles. The number of hydrogen-bond acceptors (Lipinski definition) is 5. The minimum absolute atomic E-state index is 0.280. The number of hydrogen-bond donors (Lipinski definition) is 2. The molecule has 7 nitrogen and oxygen atoms in total. The second-order valence-electron chi connectivity index (χ2n) is 5.88. The Hall–Kier alpha value is -3.45. The van der Waals surface area contributed by atoms with Crippen LogP contribution in [0, 0.1) is 0 Å². The Balaban J connectivity index is 1.88. The van der Waals surface area contributed by atoms with Gasteiger partial charge in [0.25, 0.3) is 5.91 Å². The molecule has 28 heavy (non-hydrogen) atoms. The second-order valence-corrected chi connectivity index (χ2v) is 6.32. The summed E-state index contributed by atoms with van der Waals surface area (Å²) in [4.78, 5) is 39.6. The van der Waals surface area contributed by atoms with Crippen LogP contribution in [-0.4, -0.2) is 29.4 Å². The summed E-state index contributed by atoms with van der Waals surface area (Å²) in [6.45, 7) is 0.708. The van der Waals surface area contributed by atoms with Crippen LogP contribution in [-0.2, 0) is 14.3 Å². The van der Waals surface area contributed by atoms with Crippen LogP contribution >= 0.6 is 11.6 Å². The van der Waals surface area contributed by atoms with E-state index in [2.05, 4.69) is 15.8 Å². The molecule has 0 aliphatic heterocycles. The van der Waals surface area contributed by atoms with Crippen molar-refractivity contribution in [1.29, 1.82) is 0 Å². The van der Waals surface area contributed by atoms with Crippen molar-refractivity contribution >= 4 is 40.3 Å². The lowest BCUT2D eigenvalue weighted by Gasteiger charge is -2.10. The van der Waals surface area contributed by atoms with Gasteiger partial charge in [-0.05, 0) is 24.3 Å². The van der Waals surface area contributed by atoms with Crippen LogP contribution < -0.4 is 10.9 Å². The largest absolute Gasteiger partial charge is 0.452 e. The molecule has 0 atom stereocenters. The summed E-state index contributed by atoms with van der Waals surface area (Å²) in [7, 11) is 0. The van der Waals surface area contributed by atoms with Crippen molar-refractivity contribution in [2.24, 2.45) is 0 Å². The summed E-state index contributed by atoms with van der Waals surface area (Å²) in [5.41, 5.74) is 6.51. The summed E-state index contributed by atoms with van der Waals surface area (Å²) in [6.07, 6.45) is 0. The van der Waals surface area contributed by atoms with Crippen molar-refractivity contribution in [3.8, 4) is 11.3 Å². The van der Waals surface area contributed by atoms with Crippen LogP contribution in [0.25, 0.3) is 22.2 Å². The molecule has 142 valence electrons. The standard InChI is InChI=1S/C20H16ClN3O4/c1-12(25)23-24-19(26)11-28-20(27)16-10-18(13-6-8-14(21)9-7-13)22-17-5-3-2-4-15(16)17/h2-10H,11H2,1H3,(H,23,25)(H,24,26). The highest BCUT2D eigenvalue weighted by Crippen LogP contribution is 2.26. The number of nitrogens with one attached hydrogen (secondary N) is 2. The van der Waals surface area contributed by atoms with E-state index in [1.807, 2.05) is 6.07 Å². The van der Waals surface area contributed by atoms with Gasteiger partial charge in [-0.2, -0.15) is 0 Å². The summed E-state index contributed by atoms with van der Waals surface area (Å²) >= 11 is 5.93. The monoisotopic (exact) mass is 397 g/mol. The average molecular weight is 398 g/mol.